The second-order valence-corrected chi connectivity index (χ2v) is 8.68. The van der Waals surface area contributed by atoms with E-state index in [4.69, 9.17) is 9.15 Å². The van der Waals surface area contributed by atoms with Gasteiger partial charge in [-0.05, 0) is 79.4 Å². The van der Waals surface area contributed by atoms with Gasteiger partial charge in [0.15, 0.2) is 0 Å². The molecule has 3 aromatic rings. The fourth-order valence-corrected chi connectivity index (χ4v) is 3.82. The lowest BCUT2D eigenvalue weighted by Crippen LogP contribution is -2.29. The highest BCUT2D eigenvalue weighted by molar-refractivity contribution is 6.51. The number of hydrogen-bond donors (Lipinski definition) is 1. The summed E-state index contributed by atoms with van der Waals surface area (Å²) in [4.78, 5) is 27.6. The van der Waals surface area contributed by atoms with Gasteiger partial charge in [-0.2, -0.15) is 0 Å². The molecule has 0 radical (unpaired) electrons. The summed E-state index contributed by atoms with van der Waals surface area (Å²) in [5.41, 5.74) is 3.04. The van der Waals surface area contributed by atoms with E-state index in [0.717, 1.165) is 11.1 Å². The quantitative estimate of drug-likeness (QED) is 0.305. The molecule has 0 bridgehead atoms. The Morgan fingerprint density at radius 1 is 1.06 bits per heavy atom. The second kappa shape index (κ2) is 8.98. The average molecular weight is 446 g/mol. The Balaban J connectivity index is 1.79. The third-order valence-electron chi connectivity index (χ3n) is 5.74. The number of aliphatic hydroxyl groups is 1. The highest BCUT2D eigenvalue weighted by Crippen LogP contribution is 2.42. The second-order valence-electron chi connectivity index (χ2n) is 8.68. The van der Waals surface area contributed by atoms with Crippen LogP contribution in [0.5, 0.6) is 5.75 Å². The van der Waals surface area contributed by atoms with Crippen molar-refractivity contribution in [3.63, 3.8) is 0 Å². The van der Waals surface area contributed by atoms with Crippen molar-refractivity contribution >= 4 is 23.1 Å². The van der Waals surface area contributed by atoms with Gasteiger partial charge in [-0.25, -0.2) is 0 Å². The van der Waals surface area contributed by atoms with Crippen LogP contribution in [0.4, 0.5) is 5.69 Å². The van der Waals surface area contributed by atoms with Crippen LogP contribution in [0.2, 0.25) is 0 Å². The molecule has 1 fully saturated rings. The van der Waals surface area contributed by atoms with E-state index in [1.165, 1.54) is 11.2 Å². The zero-order chi connectivity index (χ0) is 23.7. The maximum atomic E-state index is 13.1. The normalized spacial score (nSPS) is 17.7. The molecule has 1 amide bonds. The zero-order valence-electron chi connectivity index (χ0n) is 19.2. The fourth-order valence-electron chi connectivity index (χ4n) is 3.82. The minimum Gasteiger partial charge on any atom is -0.507 e. The van der Waals surface area contributed by atoms with Crippen LogP contribution in [0.15, 0.2) is 70.9 Å². The molecule has 0 aliphatic carbocycles. The van der Waals surface area contributed by atoms with Crippen LogP contribution in [-0.4, -0.2) is 23.4 Å². The van der Waals surface area contributed by atoms with E-state index in [0.29, 0.717) is 35.3 Å². The molecule has 6 heteroatoms. The van der Waals surface area contributed by atoms with Gasteiger partial charge >= 0.3 is 0 Å². The van der Waals surface area contributed by atoms with Gasteiger partial charge in [0.2, 0.25) is 0 Å². The highest BCUT2D eigenvalue weighted by atomic mass is 16.5. The number of aliphatic hydroxyl groups excluding tert-OH is 1. The summed E-state index contributed by atoms with van der Waals surface area (Å²) in [6.45, 7) is 8.61. The molecule has 33 heavy (non-hydrogen) atoms. The van der Waals surface area contributed by atoms with E-state index in [9.17, 15) is 14.7 Å². The molecule has 0 spiro atoms. The molecule has 1 aliphatic rings. The number of ketones is 1. The third-order valence-corrected chi connectivity index (χ3v) is 5.74. The van der Waals surface area contributed by atoms with Crippen molar-refractivity contribution in [1.82, 2.24) is 0 Å². The number of anilines is 1. The van der Waals surface area contributed by atoms with E-state index in [2.05, 4.69) is 13.8 Å². The molecule has 1 aliphatic heterocycles. The van der Waals surface area contributed by atoms with Gasteiger partial charge in [0.1, 0.15) is 23.3 Å². The molecule has 2 heterocycles. The molecule has 1 aromatic heterocycles. The molecular weight excluding hydrogens is 418 g/mol. The molecule has 0 saturated carbocycles. The molecule has 1 atom stereocenters. The Labute approximate surface area is 193 Å². The number of furan rings is 1. The molecule has 6 nitrogen and oxygen atoms in total. The molecule has 1 saturated heterocycles. The van der Waals surface area contributed by atoms with E-state index in [1.54, 1.807) is 42.5 Å². The number of Topliss-reactive ketones (excluding diaryl/α,β-unsaturated/α-hetero) is 1. The summed E-state index contributed by atoms with van der Waals surface area (Å²) < 4.78 is 11.3. The lowest BCUT2D eigenvalue weighted by atomic mass is 9.99. The fraction of sp³-hybridized carbons (Fsp3) is 0.259. The Hall–Kier alpha value is -3.80. The Kier molecular flexibility index (Phi) is 6.09. The lowest BCUT2D eigenvalue weighted by molar-refractivity contribution is -0.132. The first kappa shape index (κ1) is 22.4. The topological polar surface area (TPSA) is 80.0 Å². The first-order chi connectivity index (χ1) is 15.8. The van der Waals surface area contributed by atoms with Gasteiger partial charge in [0.25, 0.3) is 11.7 Å². The number of ether oxygens (including phenoxy) is 1. The summed E-state index contributed by atoms with van der Waals surface area (Å²) in [5.74, 6) is -0.279. The van der Waals surface area contributed by atoms with Crippen LogP contribution in [0.1, 0.15) is 42.3 Å². The highest BCUT2D eigenvalue weighted by Gasteiger charge is 2.48. The number of aryl methyl sites for hydroxylation is 2. The van der Waals surface area contributed by atoms with E-state index in [1.807, 2.05) is 26.0 Å². The maximum Gasteiger partial charge on any atom is 0.300 e. The minimum absolute atomic E-state index is 0.0102. The summed E-state index contributed by atoms with van der Waals surface area (Å²) in [6.07, 6.45) is 1.48. The summed E-state index contributed by atoms with van der Waals surface area (Å²) in [5, 5.41) is 11.1. The zero-order valence-corrected chi connectivity index (χ0v) is 19.2. The standard InChI is InChI=1S/C27H27NO5/c1-16(2)15-33-21-11-8-19(9-12-21)25(29)23-24(22-6-5-13-32-22)28(27(31)26(23)30)20-10-7-17(3)18(4)14-20/h5-14,16,24,29H,15H2,1-4H3/b25-23-. The largest absolute Gasteiger partial charge is 0.507 e. The van der Waals surface area contributed by atoms with Crippen molar-refractivity contribution in [2.75, 3.05) is 11.5 Å². The van der Waals surface area contributed by atoms with Gasteiger partial charge in [-0.3, -0.25) is 14.5 Å². The van der Waals surface area contributed by atoms with Crippen LogP contribution in [0.3, 0.4) is 0 Å². The Bertz CT molecular complexity index is 1210. The van der Waals surface area contributed by atoms with Crippen molar-refractivity contribution in [2.45, 2.75) is 33.7 Å². The predicted molar refractivity (Wildman–Crippen MR) is 126 cm³/mol. The van der Waals surface area contributed by atoms with Gasteiger partial charge in [0.05, 0.1) is 18.4 Å². The molecule has 170 valence electrons. The van der Waals surface area contributed by atoms with Crippen LogP contribution >= 0.6 is 0 Å². The summed E-state index contributed by atoms with van der Waals surface area (Å²) in [7, 11) is 0. The van der Waals surface area contributed by atoms with Crippen molar-refractivity contribution < 1.29 is 23.8 Å². The SMILES string of the molecule is Cc1ccc(N2C(=O)C(=O)/C(=C(\O)c3ccc(OCC(C)C)cc3)C2c2ccco2)cc1C. The maximum absolute atomic E-state index is 13.1. The number of rotatable bonds is 6. The number of hydrogen-bond acceptors (Lipinski definition) is 5. The molecule has 1 unspecified atom stereocenters. The van der Waals surface area contributed by atoms with E-state index >= 15 is 0 Å². The molecule has 1 N–H and O–H groups in total. The summed E-state index contributed by atoms with van der Waals surface area (Å²) >= 11 is 0. The first-order valence-electron chi connectivity index (χ1n) is 10.9. The van der Waals surface area contributed by atoms with E-state index < -0.39 is 17.7 Å². The van der Waals surface area contributed by atoms with Gasteiger partial charge in [0, 0.05) is 11.3 Å². The van der Waals surface area contributed by atoms with Crippen molar-refractivity contribution in [3.8, 4) is 5.75 Å². The molecule has 2 aromatic carbocycles. The van der Waals surface area contributed by atoms with Crippen molar-refractivity contribution in [3.05, 3.63) is 88.9 Å². The van der Waals surface area contributed by atoms with Crippen LogP contribution in [-0.2, 0) is 9.59 Å². The van der Waals surface area contributed by atoms with Gasteiger partial charge < -0.3 is 14.3 Å². The third kappa shape index (κ3) is 4.29. The number of carbonyl (C=O) groups is 2. The Morgan fingerprint density at radius 2 is 1.79 bits per heavy atom. The van der Waals surface area contributed by atoms with Crippen LogP contribution in [0.25, 0.3) is 5.76 Å². The smallest absolute Gasteiger partial charge is 0.300 e. The van der Waals surface area contributed by atoms with Crippen molar-refractivity contribution in [1.29, 1.82) is 0 Å². The van der Waals surface area contributed by atoms with Crippen LogP contribution < -0.4 is 9.64 Å². The van der Waals surface area contributed by atoms with Gasteiger partial charge in [-0.15, -0.1) is 0 Å². The lowest BCUT2D eigenvalue weighted by Gasteiger charge is -2.24. The Morgan fingerprint density at radius 3 is 2.39 bits per heavy atom. The predicted octanol–water partition coefficient (Wildman–Crippen LogP) is 5.56. The number of benzene rings is 2. The van der Waals surface area contributed by atoms with E-state index in [-0.39, 0.29) is 11.3 Å². The monoisotopic (exact) mass is 445 g/mol. The number of carbonyl (C=O) groups excluding carboxylic acids is 2. The van der Waals surface area contributed by atoms with Crippen molar-refractivity contribution in [2.24, 2.45) is 5.92 Å². The molecule has 4 rings (SSSR count). The van der Waals surface area contributed by atoms with Crippen LogP contribution in [0, 0.1) is 19.8 Å². The molecular formula is C27H27NO5. The van der Waals surface area contributed by atoms with Gasteiger partial charge in [-0.1, -0.05) is 19.9 Å². The minimum atomic E-state index is -0.876. The summed E-state index contributed by atoms with van der Waals surface area (Å²) in [6, 6.07) is 14.9. The first-order valence-corrected chi connectivity index (χ1v) is 10.9. The number of amides is 1. The number of nitrogens with zero attached hydrogens (tertiary/aromatic N) is 1. The average Bonchev–Trinajstić information content (AvgIpc) is 3.41.